The van der Waals surface area contributed by atoms with Crippen molar-refractivity contribution in [1.82, 2.24) is 15.6 Å². The Kier molecular flexibility index (Phi) is 7.49. The Balaban J connectivity index is 1.43. The maximum absolute atomic E-state index is 5.62. The van der Waals surface area contributed by atoms with Gasteiger partial charge in [0.2, 0.25) is 5.89 Å². The minimum Gasteiger partial charge on any atom is -0.496 e. The Hall–Kier alpha value is -3.28. The lowest BCUT2D eigenvalue weighted by molar-refractivity contribution is 0.411. The summed E-state index contributed by atoms with van der Waals surface area (Å²) in [5.74, 6) is 2.35. The van der Waals surface area contributed by atoms with E-state index >= 15 is 0 Å². The van der Waals surface area contributed by atoms with E-state index in [0.29, 0.717) is 5.89 Å². The zero-order chi connectivity index (χ0) is 21.3. The van der Waals surface area contributed by atoms with Crippen molar-refractivity contribution in [3.63, 3.8) is 0 Å². The van der Waals surface area contributed by atoms with Crippen molar-refractivity contribution in [1.29, 1.82) is 0 Å². The number of nitrogens with zero attached hydrogens (tertiary/aromatic N) is 2. The van der Waals surface area contributed by atoms with Gasteiger partial charge in [-0.05, 0) is 49.6 Å². The molecule has 3 aromatic rings. The highest BCUT2D eigenvalue weighted by atomic mass is 16.5. The number of hydrogen-bond acceptors (Lipinski definition) is 4. The lowest BCUT2D eigenvalue weighted by atomic mass is 10.1. The van der Waals surface area contributed by atoms with Crippen molar-refractivity contribution < 1.29 is 9.15 Å². The SMILES string of the molecule is CN=C(NCCc1ccc(C)c(OC)c1)NCCc1coc(-c2ccc(C)cc2)n1. The summed E-state index contributed by atoms with van der Waals surface area (Å²) in [7, 11) is 3.48. The van der Waals surface area contributed by atoms with Gasteiger partial charge in [0.15, 0.2) is 5.96 Å². The van der Waals surface area contributed by atoms with Gasteiger partial charge >= 0.3 is 0 Å². The quantitative estimate of drug-likeness (QED) is 0.438. The second kappa shape index (κ2) is 10.5. The molecule has 2 aromatic carbocycles. The van der Waals surface area contributed by atoms with Gasteiger partial charge in [-0.2, -0.15) is 0 Å². The van der Waals surface area contributed by atoms with Crippen LogP contribution in [0.1, 0.15) is 22.4 Å². The first-order valence-corrected chi connectivity index (χ1v) is 10.2. The summed E-state index contributed by atoms with van der Waals surface area (Å²) in [6.45, 7) is 5.62. The highest BCUT2D eigenvalue weighted by Crippen LogP contribution is 2.20. The number of oxazole rings is 1. The van der Waals surface area contributed by atoms with Crippen LogP contribution in [0.15, 0.2) is 58.1 Å². The van der Waals surface area contributed by atoms with Gasteiger partial charge in [0.25, 0.3) is 0 Å². The number of hydrogen-bond donors (Lipinski definition) is 2. The van der Waals surface area contributed by atoms with E-state index in [-0.39, 0.29) is 0 Å². The minimum absolute atomic E-state index is 0.654. The summed E-state index contributed by atoms with van der Waals surface area (Å²) in [6.07, 6.45) is 3.36. The molecule has 0 aliphatic rings. The van der Waals surface area contributed by atoms with Crippen molar-refractivity contribution in [2.24, 2.45) is 4.99 Å². The van der Waals surface area contributed by atoms with E-state index in [4.69, 9.17) is 9.15 Å². The molecule has 0 radical (unpaired) electrons. The van der Waals surface area contributed by atoms with Crippen LogP contribution >= 0.6 is 0 Å². The summed E-state index contributed by atoms with van der Waals surface area (Å²) in [5.41, 5.74) is 5.50. The number of aryl methyl sites for hydroxylation is 2. The lowest BCUT2D eigenvalue weighted by Gasteiger charge is -2.12. The molecule has 2 N–H and O–H groups in total. The molecule has 0 fully saturated rings. The number of aromatic nitrogens is 1. The largest absolute Gasteiger partial charge is 0.496 e. The third-order valence-corrected chi connectivity index (χ3v) is 4.93. The fraction of sp³-hybridized carbons (Fsp3) is 0.333. The van der Waals surface area contributed by atoms with Gasteiger partial charge in [-0.15, -0.1) is 0 Å². The summed E-state index contributed by atoms with van der Waals surface area (Å²) in [5, 5.41) is 6.67. The Labute approximate surface area is 178 Å². The second-order valence-corrected chi connectivity index (χ2v) is 7.24. The average molecular weight is 407 g/mol. The molecule has 0 saturated carbocycles. The van der Waals surface area contributed by atoms with Gasteiger partial charge < -0.3 is 19.8 Å². The van der Waals surface area contributed by atoms with E-state index in [1.54, 1.807) is 20.4 Å². The van der Waals surface area contributed by atoms with E-state index in [1.807, 2.05) is 19.1 Å². The molecule has 0 bridgehead atoms. The first kappa shape index (κ1) is 21.4. The van der Waals surface area contributed by atoms with E-state index in [9.17, 15) is 0 Å². The van der Waals surface area contributed by atoms with Crippen molar-refractivity contribution >= 4 is 5.96 Å². The molecule has 1 aromatic heterocycles. The van der Waals surface area contributed by atoms with E-state index < -0.39 is 0 Å². The molecule has 3 rings (SSSR count). The smallest absolute Gasteiger partial charge is 0.226 e. The van der Waals surface area contributed by atoms with Crippen LogP contribution in [-0.4, -0.2) is 38.2 Å². The monoisotopic (exact) mass is 406 g/mol. The third kappa shape index (κ3) is 5.86. The van der Waals surface area contributed by atoms with Crippen molar-refractivity contribution in [2.75, 3.05) is 27.2 Å². The first-order valence-electron chi connectivity index (χ1n) is 10.2. The zero-order valence-corrected chi connectivity index (χ0v) is 18.2. The number of guanidine groups is 1. The fourth-order valence-electron chi connectivity index (χ4n) is 3.13. The van der Waals surface area contributed by atoms with E-state index in [0.717, 1.165) is 54.5 Å². The first-order chi connectivity index (χ1) is 14.6. The summed E-state index contributed by atoms with van der Waals surface area (Å²) in [4.78, 5) is 8.86. The molecular weight excluding hydrogens is 376 g/mol. The number of aliphatic imine (C=N–C) groups is 1. The van der Waals surface area contributed by atoms with Gasteiger partial charge in [-0.3, -0.25) is 4.99 Å². The Morgan fingerprint density at radius 1 is 1.03 bits per heavy atom. The maximum Gasteiger partial charge on any atom is 0.226 e. The molecule has 0 unspecified atom stereocenters. The zero-order valence-electron chi connectivity index (χ0n) is 18.2. The molecule has 1 heterocycles. The van der Waals surface area contributed by atoms with Crippen LogP contribution in [0.25, 0.3) is 11.5 Å². The van der Waals surface area contributed by atoms with Crippen molar-refractivity contribution in [2.45, 2.75) is 26.7 Å². The molecule has 0 amide bonds. The van der Waals surface area contributed by atoms with Crippen LogP contribution in [-0.2, 0) is 12.8 Å². The molecule has 0 atom stereocenters. The molecule has 6 heteroatoms. The van der Waals surface area contributed by atoms with Gasteiger partial charge in [-0.1, -0.05) is 29.8 Å². The van der Waals surface area contributed by atoms with E-state index in [2.05, 4.69) is 57.9 Å². The predicted octanol–water partition coefficient (Wildman–Crippen LogP) is 3.92. The number of benzene rings is 2. The molecule has 30 heavy (non-hydrogen) atoms. The summed E-state index contributed by atoms with van der Waals surface area (Å²) in [6, 6.07) is 14.5. The minimum atomic E-state index is 0.654. The van der Waals surface area contributed by atoms with Crippen LogP contribution < -0.4 is 15.4 Å². The van der Waals surface area contributed by atoms with Gasteiger partial charge in [0.1, 0.15) is 12.0 Å². The second-order valence-electron chi connectivity index (χ2n) is 7.24. The predicted molar refractivity (Wildman–Crippen MR) is 121 cm³/mol. The summed E-state index contributed by atoms with van der Waals surface area (Å²) < 4.78 is 11.0. The average Bonchev–Trinajstić information content (AvgIpc) is 3.23. The molecule has 6 nitrogen and oxygen atoms in total. The topological polar surface area (TPSA) is 71.7 Å². The molecule has 158 valence electrons. The standard InChI is InChI=1S/C24H30N4O2/c1-17-5-9-20(10-6-17)23-28-21(16-30-23)12-14-27-24(25-3)26-13-11-19-8-7-18(2)22(15-19)29-4/h5-10,15-16H,11-14H2,1-4H3,(H2,25,26,27). The third-order valence-electron chi connectivity index (χ3n) is 4.93. The van der Waals surface area contributed by atoms with Crippen LogP contribution in [0.2, 0.25) is 0 Å². The Morgan fingerprint density at radius 2 is 1.77 bits per heavy atom. The number of methoxy groups -OCH3 is 1. The highest BCUT2D eigenvalue weighted by molar-refractivity contribution is 5.79. The van der Waals surface area contributed by atoms with Crippen LogP contribution in [0.4, 0.5) is 0 Å². The Bertz CT molecular complexity index is 977. The van der Waals surface area contributed by atoms with Gasteiger partial charge in [0, 0.05) is 32.1 Å². The normalized spacial score (nSPS) is 11.4. The van der Waals surface area contributed by atoms with Crippen molar-refractivity contribution in [3.8, 4) is 17.2 Å². The Morgan fingerprint density at radius 3 is 2.47 bits per heavy atom. The lowest BCUT2D eigenvalue weighted by Crippen LogP contribution is -2.39. The molecule has 0 aliphatic carbocycles. The summed E-state index contributed by atoms with van der Waals surface area (Å²) >= 11 is 0. The molecule has 0 spiro atoms. The molecule has 0 saturated heterocycles. The van der Waals surface area contributed by atoms with Crippen molar-refractivity contribution in [3.05, 3.63) is 71.1 Å². The highest BCUT2D eigenvalue weighted by Gasteiger charge is 2.07. The van der Waals surface area contributed by atoms with Gasteiger partial charge in [-0.25, -0.2) is 4.98 Å². The number of ether oxygens (including phenoxy) is 1. The van der Waals surface area contributed by atoms with Crippen LogP contribution in [0.3, 0.4) is 0 Å². The fourth-order valence-corrected chi connectivity index (χ4v) is 3.13. The number of rotatable bonds is 8. The molecular formula is C24H30N4O2. The van der Waals surface area contributed by atoms with E-state index in [1.165, 1.54) is 11.1 Å². The molecule has 0 aliphatic heterocycles. The van der Waals surface area contributed by atoms with Crippen LogP contribution in [0.5, 0.6) is 5.75 Å². The van der Waals surface area contributed by atoms with Gasteiger partial charge in [0.05, 0.1) is 12.8 Å². The number of nitrogens with one attached hydrogen (secondary N) is 2. The van der Waals surface area contributed by atoms with Crippen LogP contribution in [0, 0.1) is 13.8 Å². The maximum atomic E-state index is 5.62.